The summed E-state index contributed by atoms with van der Waals surface area (Å²) in [6.45, 7) is 0. The quantitative estimate of drug-likeness (QED) is 0.765. The fraction of sp³-hybridized carbons (Fsp3) is 0.467. The fourth-order valence-electron chi connectivity index (χ4n) is 2.43. The van der Waals surface area contributed by atoms with Gasteiger partial charge in [0.05, 0.1) is 21.3 Å². The van der Waals surface area contributed by atoms with Gasteiger partial charge in [-0.3, -0.25) is 4.79 Å². The molecule has 0 bridgehead atoms. The first kappa shape index (κ1) is 19.8. The molecule has 7 nitrogen and oxygen atoms in total. The number of hydrogen-bond acceptors (Lipinski definition) is 6. The van der Waals surface area contributed by atoms with E-state index in [1.54, 1.807) is 0 Å². The van der Waals surface area contributed by atoms with Crippen LogP contribution in [0.25, 0.3) is 0 Å². The van der Waals surface area contributed by atoms with Crippen molar-refractivity contribution in [1.29, 1.82) is 0 Å². The number of benzene rings is 1. The Hall–Kier alpha value is -2.56. The first-order valence-electron chi connectivity index (χ1n) is 7.20. The molecule has 144 valence electrons. The summed E-state index contributed by atoms with van der Waals surface area (Å²) in [6.07, 6.45) is -7.88. The first-order chi connectivity index (χ1) is 12.2. The molecule has 1 aromatic rings. The van der Waals surface area contributed by atoms with Crippen molar-refractivity contribution in [3.05, 3.63) is 17.7 Å². The van der Waals surface area contributed by atoms with Gasteiger partial charge in [-0.2, -0.15) is 10.1 Å². The smallest absolute Gasteiger partial charge is 0.287 e. The average Bonchev–Trinajstić information content (AvgIpc) is 2.99. The molecule has 1 N–H and O–H groups in total. The lowest BCUT2D eigenvalue weighted by Gasteiger charge is -2.30. The van der Waals surface area contributed by atoms with Crippen molar-refractivity contribution in [2.45, 2.75) is 25.0 Å². The van der Waals surface area contributed by atoms with Crippen LogP contribution in [0, 0.1) is 0 Å². The number of ether oxygens (including phenoxy) is 3. The fourth-order valence-corrected chi connectivity index (χ4v) is 2.43. The average molecular weight is 380 g/mol. The van der Waals surface area contributed by atoms with Crippen LogP contribution in [-0.4, -0.2) is 61.6 Å². The number of amides is 1. The van der Waals surface area contributed by atoms with Crippen molar-refractivity contribution in [3.8, 4) is 17.2 Å². The van der Waals surface area contributed by atoms with Crippen LogP contribution in [0.1, 0.15) is 16.8 Å². The minimum atomic E-state index is -3.52. The van der Waals surface area contributed by atoms with Crippen LogP contribution >= 0.6 is 0 Å². The van der Waals surface area contributed by atoms with E-state index in [1.807, 2.05) is 0 Å². The zero-order valence-electron chi connectivity index (χ0n) is 14.0. The molecule has 1 aromatic carbocycles. The molecule has 0 radical (unpaired) electrons. The number of carbonyl (C=O) groups is 1. The zero-order chi connectivity index (χ0) is 19.6. The normalized spacial score (nSPS) is 19.8. The van der Waals surface area contributed by atoms with Gasteiger partial charge in [0.2, 0.25) is 11.5 Å². The van der Waals surface area contributed by atoms with Crippen molar-refractivity contribution in [2.24, 2.45) is 5.10 Å². The number of aliphatic hydroxyl groups is 1. The molecule has 1 atom stereocenters. The summed E-state index contributed by atoms with van der Waals surface area (Å²) >= 11 is 0. The molecule has 2 rings (SSSR count). The number of rotatable bonds is 6. The third-order valence-electron chi connectivity index (χ3n) is 3.74. The number of alkyl halides is 4. The summed E-state index contributed by atoms with van der Waals surface area (Å²) < 4.78 is 67.4. The standard InChI is InChI=1S/C15H16F4N2O5/c1-24-9-4-7(5-10(25-2)11(9)26-3)13(22)21-15(23,14(18)19)6-8(20-21)12(16)17/h4-5,12,14,23H,6H2,1-3H3. The molecule has 26 heavy (non-hydrogen) atoms. The Morgan fingerprint density at radius 2 is 1.69 bits per heavy atom. The van der Waals surface area contributed by atoms with Gasteiger partial charge < -0.3 is 19.3 Å². The maximum atomic E-state index is 13.3. The number of methoxy groups -OCH3 is 3. The molecule has 0 aromatic heterocycles. The lowest BCUT2D eigenvalue weighted by molar-refractivity contribution is -0.164. The van der Waals surface area contributed by atoms with Crippen molar-refractivity contribution in [1.82, 2.24) is 5.01 Å². The Labute approximate surface area is 145 Å². The zero-order valence-corrected chi connectivity index (χ0v) is 14.0. The molecule has 0 fully saturated rings. The predicted molar refractivity (Wildman–Crippen MR) is 81.3 cm³/mol. The minimum Gasteiger partial charge on any atom is -0.493 e. The van der Waals surface area contributed by atoms with Gasteiger partial charge in [0, 0.05) is 12.0 Å². The number of hydrazone groups is 1. The summed E-state index contributed by atoms with van der Waals surface area (Å²) in [5.41, 5.74) is -4.48. The molecule has 1 amide bonds. The van der Waals surface area contributed by atoms with Crippen LogP contribution in [0.15, 0.2) is 17.2 Å². The van der Waals surface area contributed by atoms with Crippen LogP contribution in [-0.2, 0) is 0 Å². The van der Waals surface area contributed by atoms with Crippen LogP contribution in [0.4, 0.5) is 17.6 Å². The van der Waals surface area contributed by atoms with E-state index in [9.17, 15) is 27.5 Å². The van der Waals surface area contributed by atoms with Crippen LogP contribution in [0.3, 0.4) is 0 Å². The molecule has 11 heteroatoms. The summed E-state index contributed by atoms with van der Waals surface area (Å²) in [5.74, 6) is -1.03. The Balaban J connectivity index is 2.52. The van der Waals surface area contributed by atoms with Crippen molar-refractivity contribution in [2.75, 3.05) is 21.3 Å². The van der Waals surface area contributed by atoms with Gasteiger partial charge in [0.25, 0.3) is 18.8 Å². The number of halogens is 4. The summed E-state index contributed by atoms with van der Waals surface area (Å²) in [6, 6.07) is 2.26. The summed E-state index contributed by atoms with van der Waals surface area (Å²) in [4.78, 5) is 12.6. The molecule has 1 aliphatic rings. The van der Waals surface area contributed by atoms with E-state index >= 15 is 0 Å². The molecular weight excluding hydrogens is 364 g/mol. The third kappa shape index (κ3) is 3.26. The van der Waals surface area contributed by atoms with Crippen LogP contribution in [0.2, 0.25) is 0 Å². The van der Waals surface area contributed by atoms with Gasteiger partial charge in [-0.1, -0.05) is 0 Å². The van der Waals surface area contributed by atoms with Crippen LogP contribution in [0.5, 0.6) is 17.2 Å². The van der Waals surface area contributed by atoms with E-state index in [2.05, 4.69) is 5.10 Å². The first-order valence-corrected chi connectivity index (χ1v) is 7.20. The van der Waals surface area contributed by atoms with E-state index in [0.29, 0.717) is 0 Å². The van der Waals surface area contributed by atoms with E-state index in [0.717, 1.165) is 12.1 Å². The number of nitrogens with zero attached hydrogens (tertiary/aromatic N) is 2. The molecule has 0 spiro atoms. The van der Waals surface area contributed by atoms with Crippen LogP contribution < -0.4 is 14.2 Å². The maximum absolute atomic E-state index is 13.3. The molecule has 0 saturated heterocycles. The highest BCUT2D eigenvalue weighted by Gasteiger charge is 2.53. The second-order valence-electron chi connectivity index (χ2n) is 5.28. The van der Waals surface area contributed by atoms with Gasteiger partial charge in [-0.15, -0.1) is 0 Å². The van der Waals surface area contributed by atoms with Crippen molar-refractivity contribution < 1.29 is 41.7 Å². The second-order valence-corrected chi connectivity index (χ2v) is 5.28. The van der Waals surface area contributed by atoms with Gasteiger partial charge in [0.15, 0.2) is 11.5 Å². The molecular formula is C15H16F4N2O5. The topological polar surface area (TPSA) is 80.6 Å². The highest BCUT2D eigenvalue weighted by atomic mass is 19.3. The summed E-state index contributed by atoms with van der Waals surface area (Å²) in [5, 5.41) is 13.2. The largest absolute Gasteiger partial charge is 0.493 e. The van der Waals surface area contributed by atoms with E-state index < -0.39 is 36.6 Å². The lowest BCUT2D eigenvalue weighted by atomic mass is 10.1. The monoisotopic (exact) mass is 380 g/mol. The molecule has 0 aliphatic carbocycles. The SMILES string of the molecule is COc1cc(C(=O)N2N=C(C(F)F)CC2(O)C(F)F)cc(OC)c1OC. The number of hydrogen-bond donors (Lipinski definition) is 1. The highest BCUT2D eigenvalue weighted by Crippen LogP contribution is 2.40. The van der Waals surface area contributed by atoms with Gasteiger partial charge >= 0.3 is 0 Å². The highest BCUT2D eigenvalue weighted by molar-refractivity contribution is 5.99. The van der Waals surface area contributed by atoms with Crippen molar-refractivity contribution in [3.63, 3.8) is 0 Å². The van der Waals surface area contributed by atoms with E-state index in [-0.39, 0.29) is 27.8 Å². The van der Waals surface area contributed by atoms with E-state index in [4.69, 9.17) is 14.2 Å². The molecule has 1 aliphatic heterocycles. The minimum absolute atomic E-state index is 0.0352. The Kier molecular flexibility index (Phi) is 5.59. The van der Waals surface area contributed by atoms with Crippen molar-refractivity contribution >= 4 is 11.6 Å². The molecule has 1 unspecified atom stereocenters. The van der Waals surface area contributed by atoms with Gasteiger partial charge in [-0.25, -0.2) is 17.6 Å². The predicted octanol–water partition coefficient (Wildman–Crippen LogP) is 2.13. The molecule has 1 heterocycles. The van der Waals surface area contributed by atoms with Gasteiger partial charge in [-0.05, 0) is 12.1 Å². The second kappa shape index (κ2) is 7.36. The van der Waals surface area contributed by atoms with Gasteiger partial charge in [0.1, 0.15) is 5.71 Å². The Morgan fingerprint density at radius 3 is 2.08 bits per heavy atom. The Morgan fingerprint density at radius 1 is 1.15 bits per heavy atom. The Bertz CT molecular complexity index is 703. The maximum Gasteiger partial charge on any atom is 0.287 e. The lowest BCUT2D eigenvalue weighted by Crippen LogP contribution is -2.51. The molecule has 0 saturated carbocycles. The van der Waals surface area contributed by atoms with E-state index in [1.165, 1.54) is 21.3 Å². The summed E-state index contributed by atoms with van der Waals surface area (Å²) in [7, 11) is 3.85. The number of carbonyl (C=O) groups excluding carboxylic acids is 1. The third-order valence-corrected chi connectivity index (χ3v) is 3.74.